The lowest BCUT2D eigenvalue weighted by molar-refractivity contribution is -0.143. The first-order valence-corrected chi connectivity index (χ1v) is 6.91. The van der Waals surface area contributed by atoms with Crippen LogP contribution in [0.15, 0.2) is 18.5 Å². The number of fused-ring (bicyclic) bond motifs is 1. The number of carbonyl (C=O) groups is 3. The number of nitrogens with zero attached hydrogens (tertiary/aromatic N) is 2. The van der Waals surface area contributed by atoms with Gasteiger partial charge in [-0.15, -0.1) is 0 Å². The summed E-state index contributed by atoms with van der Waals surface area (Å²) in [5.41, 5.74) is 0.350. The Morgan fingerprint density at radius 1 is 1.43 bits per heavy atom. The second kappa shape index (κ2) is 5.33. The molecular weight excluding hydrogens is 296 g/mol. The van der Waals surface area contributed by atoms with Gasteiger partial charge in [0, 0.05) is 25.0 Å². The molecule has 2 aliphatic rings. The molecule has 0 spiro atoms. The predicted octanol–water partition coefficient (Wildman–Crippen LogP) is -0.436. The fraction of sp³-hybridized carbons (Fsp3) is 0.385. The molecule has 2 saturated heterocycles. The minimum Gasteiger partial charge on any atom is -0.347 e. The summed E-state index contributed by atoms with van der Waals surface area (Å²) in [5.74, 6) is -0.612. The van der Waals surface area contributed by atoms with E-state index in [2.05, 4.69) is 15.6 Å². The lowest BCUT2D eigenvalue weighted by atomic mass is 10.1. The van der Waals surface area contributed by atoms with Gasteiger partial charge in [-0.3, -0.25) is 19.4 Å². The number of hydrogen-bond donors (Lipinski definition) is 2. The smallest absolute Gasteiger partial charge is 0.253 e. The van der Waals surface area contributed by atoms with Crippen molar-refractivity contribution in [3.63, 3.8) is 0 Å². The van der Waals surface area contributed by atoms with E-state index in [-0.39, 0.29) is 30.3 Å². The topological polar surface area (TPSA) is 91.4 Å². The summed E-state index contributed by atoms with van der Waals surface area (Å²) in [4.78, 5) is 40.9. The van der Waals surface area contributed by atoms with Gasteiger partial charge in [0.05, 0.1) is 17.1 Å². The molecule has 21 heavy (non-hydrogen) atoms. The lowest BCUT2D eigenvalue weighted by Crippen LogP contribution is -2.55. The van der Waals surface area contributed by atoms with Gasteiger partial charge in [-0.25, -0.2) is 0 Å². The summed E-state index contributed by atoms with van der Waals surface area (Å²) < 4.78 is 0. The third-order valence-electron chi connectivity index (χ3n) is 3.64. The van der Waals surface area contributed by atoms with Crippen LogP contribution in [0.3, 0.4) is 0 Å². The van der Waals surface area contributed by atoms with Crippen LogP contribution in [-0.2, 0) is 9.59 Å². The number of amides is 3. The van der Waals surface area contributed by atoms with Crippen molar-refractivity contribution in [2.24, 2.45) is 0 Å². The monoisotopic (exact) mass is 308 g/mol. The fourth-order valence-electron chi connectivity index (χ4n) is 2.65. The largest absolute Gasteiger partial charge is 0.347 e. The van der Waals surface area contributed by atoms with Crippen molar-refractivity contribution in [2.45, 2.75) is 18.5 Å². The van der Waals surface area contributed by atoms with Gasteiger partial charge >= 0.3 is 0 Å². The molecule has 1 aromatic heterocycles. The van der Waals surface area contributed by atoms with Crippen molar-refractivity contribution in [2.75, 3.05) is 13.1 Å². The standard InChI is InChI=1S/C13H13ClN4O3/c14-8-1-7(3-15-4-8)12(20)17-9-2-10-13(21)16-5-11(19)18(10)6-9/h1,3-4,9-10H,2,5-6H2,(H,16,21)(H,17,20)/t9-,10-/m0/s1. The van der Waals surface area contributed by atoms with Gasteiger partial charge in [0.25, 0.3) is 5.91 Å². The van der Waals surface area contributed by atoms with Crippen LogP contribution >= 0.6 is 11.6 Å². The van der Waals surface area contributed by atoms with Gasteiger partial charge in [-0.05, 0) is 12.5 Å². The molecule has 0 saturated carbocycles. The zero-order valence-corrected chi connectivity index (χ0v) is 11.8. The predicted molar refractivity (Wildman–Crippen MR) is 73.6 cm³/mol. The van der Waals surface area contributed by atoms with Crippen LogP contribution in [0, 0.1) is 0 Å². The highest BCUT2D eigenvalue weighted by Crippen LogP contribution is 2.21. The second-order valence-electron chi connectivity index (χ2n) is 5.08. The van der Waals surface area contributed by atoms with Gasteiger partial charge in [-0.2, -0.15) is 0 Å². The average molecular weight is 309 g/mol. The van der Waals surface area contributed by atoms with Gasteiger partial charge < -0.3 is 15.5 Å². The van der Waals surface area contributed by atoms with E-state index in [1.165, 1.54) is 23.4 Å². The van der Waals surface area contributed by atoms with Crippen LogP contribution in [0.4, 0.5) is 0 Å². The molecule has 0 bridgehead atoms. The minimum absolute atomic E-state index is 0.0220. The summed E-state index contributed by atoms with van der Waals surface area (Å²) in [6.45, 7) is 0.366. The molecule has 3 rings (SSSR count). The van der Waals surface area contributed by atoms with E-state index in [4.69, 9.17) is 11.6 Å². The van der Waals surface area contributed by atoms with Crippen molar-refractivity contribution < 1.29 is 14.4 Å². The molecule has 3 heterocycles. The van der Waals surface area contributed by atoms with Crippen LogP contribution in [-0.4, -0.2) is 52.8 Å². The number of piperazine rings is 1. The van der Waals surface area contributed by atoms with E-state index >= 15 is 0 Å². The molecular formula is C13H13ClN4O3. The highest BCUT2D eigenvalue weighted by Gasteiger charge is 2.42. The molecule has 2 atom stereocenters. The van der Waals surface area contributed by atoms with Gasteiger partial charge in [-0.1, -0.05) is 11.6 Å². The Balaban J connectivity index is 1.68. The zero-order chi connectivity index (χ0) is 15.0. The quantitative estimate of drug-likeness (QED) is 0.775. The number of nitrogens with one attached hydrogen (secondary N) is 2. The van der Waals surface area contributed by atoms with Crippen molar-refractivity contribution in [1.82, 2.24) is 20.5 Å². The normalized spacial score (nSPS) is 24.5. The van der Waals surface area contributed by atoms with E-state index in [1.807, 2.05) is 0 Å². The van der Waals surface area contributed by atoms with Gasteiger partial charge in [0.1, 0.15) is 6.04 Å². The average Bonchev–Trinajstić information content (AvgIpc) is 2.88. The number of rotatable bonds is 2. The molecule has 0 radical (unpaired) electrons. The Bertz CT molecular complexity index is 597. The SMILES string of the molecule is O=C(N[C@H]1C[C@H]2C(=O)NCC(=O)N2C1)c1cncc(Cl)c1. The first kappa shape index (κ1) is 13.8. The van der Waals surface area contributed by atoms with E-state index in [0.717, 1.165) is 0 Å². The summed E-state index contributed by atoms with van der Waals surface area (Å²) in [6, 6.07) is 0.771. The van der Waals surface area contributed by atoms with Crippen LogP contribution < -0.4 is 10.6 Å². The molecule has 7 nitrogen and oxygen atoms in total. The van der Waals surface area contributed by atoms with E-state index in [1.54, 1.807) is 0 Å². The molecule has 0 aromatic carbocycles. The lowest BCUT2D eigenvalue weighted by Gasteiger charge is -2.28. The fourth-order valence-corrected chi connectivity index (χ4v) is 2.83. The summed E-state index contributed by atoms with van der Waals surface area (Å²) in [5, 5.41) is 5.73. The van der Waals surface area contributed by atoms with Gasteiger partial charge in [0.2, 0.25) is 11.8 Å². The van der Waals surface area contributed by atoms with Crippen LogP contribution in [0.1, 0.15) is 16.8 Å². The number of hydrogen-bond acceptors (Lipinski definition) is 4. The summed E-state index contributed by atoms with van der Waals surface area (Å²) >= 11 is 5.79. The second-order valence-corrected chi connectivity index (χ2v) is 5.51. The maximum absolute atomic E-state index is 12.1. The minimum atomic E-state index is -0.492. The highest BCUT2D eigenvalue weighted by atomic mass is 35.5. The Morgan fingerprint density at radius 3 is 2.95 bits per heavy atom. The van der Waals surface area contributed by atoms with Crippen molar-refractivity contribution in [1.29, 1.82) is 0 Å². The maximum Gasteiger partial charge on any atom is 0.253 e. The molecule has 110 valence electrons. The van der Waals surface area contributed by atoms with Crippen molar-refractivity contribution in [3.05, 3.63) is 29.0 Å². The van der Waals surface area contributed by atoms with Gasteiger partial charge in [0.15, 0.2) is 0 Å². The Kier molecular flexibility index (Phi) is 3.50. The first-order valence-electron chi connectivity index (χ1n) is 6.53. The zero-order valence-electron chi connectivity index (χ0n) is 11.0. The number of carbonyl (C=O) groups excluding carboxylic acids is 3. The summed E-state index contributed by atoms with van der Waals surface area (Å²) in [6.07, 6.45) is 3.27. The van der Waals surface area contributed by atoms with Crippen LogP contribution in [0.2, 0.25) is 5.02 Å². The Morgan fingerprint density at radius 2 is 2.24 bits per heavy atom. The van der Waals surface area contributed by atoms with E-state index in [9.17, 15) is 14.4 Å². The molecule has 8 heteroatoms. The van der Waals surface area contributed by atoms with E-state index in [0.29, 0.717) is 23.6 Å². The molecule has 2 aliphatic heterocycles. The molecule has 1 aromatic rings. The molecule has 3 amide bonds. The number of halogens is 1. The molecule has 0 unspecified atom stereocenters. The molecule has 2 fully saturated rings. The number of aromatic nitrogens is 1. The Hall–Kier alpha value is -2.15. The van der Waals surface area contributed by atoms with Crippen LogP contribution in [0.5, 0.6) is 0 Å². The Labute approximate surface area is 125 Å². The molecule has 0 aliphatic carbocycles. The van der Waals surface area contributed by atoms with Crippen LogP contribution in [0.25, 0.3) is 0 Å². The number of pyridine rings is 1. The third-order valence-corrected chi connectivity index (χ3v) is 3.85. The van der Waals surface area contributed by atoms with Crippen molar-refractivity contribution >= 4 is 29.3 Å². The van der Waals surface area contributed by atoms with E-state index < -0.39 is 6.04 Å². The third kappa shape index (κ3) is 2.69. The maximum atomic E-state index is 12.1. The van der Waals surface area contributed by atoms with Crippen molar-refractivity contribution in [3.8, 4) is 0 Å². The summed E-state index contributed by atoms with van der Waals surface area (Å²) in [7, 11) is 0. The molecule has 2 N–H and O–H groups in total. The first-order chi connectivity index (χ1) is 10.0. The highest BCUT2D eigenvalue weighted by molar-refractivity contribution is 6.30.